The van der Waals surface area contributed by atoms with Crippen LogP contribution in [0.4, 0.5) is 0 Å². The molecular weight excluding hydrogens is 224 g/mol. The minimum Gasteiger partial charge on any atom is -0.360 e. The quantitative estimate of drug-likeness (QED) is 0.805. The molecule has 3 nitrogen and oxygen atoms in total. The number of nitrogens with one attached hydrogen (secondary N) is 1. The highest BCUT2D eigenvalue weighted by Crippen LogP contribution is 2.26. The van der Waals surface area contributed by atoms with Gasteiger partial charge < -0.3 is 10.7 Å². The molecule has 0 aliphatic carbocycles. The minimum absolute atomic E-state index is 0.0513. The van der Waals surface area contributed by atoms with E-state index < -0.39 is 0 Å². The second kappa shape index (κ2) is 4.28. The standard InChI is InChI=1S/C12H13ClN2O/c1-7-4-8(13)5-9-10(6-15-12(7)9)11(16)2-3-14/h4-6,15H,2-3,14H2,1H3. The Labute approximate surface area is 98.6 Å². The number of halogens is 1. The smallest absolute Gasteiger partial charge is 0.166 e. The number of carbonyl (C=O) groups excluding carboxylic acids is 1. The first-order chi connectivity index (χ1) is 7.63. The van der Waals surface area contributed by atoms with Crippen LogP contribution in [-0.4, -0.2) is 17.3 Å². The number of aromatic amines is 1. The van der Waals surface area contributed by atoms with Crippen molar-refractivity contribution in [1.29, 1.82) is 0 Å². The molecule has 0 atom stereocenters. The number of nitrogens with two attached hydrogens (primary N) is 1. The van der Waals surface area contributed by atoms with Gasteiger partial charge in [0.15, 0.2) is 5.78 Å². The first-order valence-corrected chi connectivity index (χ1v) is 5.51. The number of fused-ring (bicyclic) bond motifs is 1. The van der Waals surface area contributed by atoms with E-state index in [0.717, 1.165) is 16.5 Å². The summed E-state index contributed by atoms with van der Waals surface area (Å²) in [7, 11) is 0. The second-order valence-corrected chi connectivity index (χ2v) is 4.25. The van der Waals surface area contributed by atoms with E-state index in [0.29, 0.717) is 23.6 Å². The van der Waals surface area contributed by atoms with Gasteiger partial charge in [-0.1, -0.05) is 11.6 Å². The van der Waals surface area contributed by atoms with Crippen LogP contribution in [0.1, 0.15) is 22.3 Å². The molecule has 1 aromatic heterocycles. The molecule has 0 amide bonds. The molecule has 0 saturated heterocycles. The largest absolute Gasteiger partial charge is 0.360 e. The molecule has 0 spiro atoms. The second-order valence-electron chi connectivity index (χ2n) is 3.81. The molecule has 0 aliphatic heterocycles. The lowest BCUT2D eigenvalue weighted by Crippen LogP contribution is -2.07. The maximum absolute atomic E-state index is 11.8. The van der Waals surface area contributed by atoms with Gasteiger partial charge in [-0.2, -0.15) is 0 Å². The van der Waals surface area contributed by atoms with Crippen LogP contribution in [0.2, 0.25) is 5.02 Å². The van der Waals surface area contributed by atoms with E-state index in [-0.39, 0.29) is 5.78 Å². The van der Waals surface area contributed by atoms with Crippen LogP contribution in [0.3, 0.4) is 0 Å². The molecule has 84 valence electrons. The summed E-state index contributed by atoms with van der Waals surface area (Å²) in [6.07, 6.45) is 2.09. The maximum atomic E-state index is 11.8. The number of hydrogen-bond acceptors (Lipinski definition) is 2. The van der Waals surface area contributed by atoms with Gasteiger partial charge in [-0.3, -0.25) is 4.79 Å². The lowest BCUT2D eigenvalue weighted by atomic mass is 10.1. The number of hydrogen-bond donors (Lipinski definition) is 2. The van der Waals surface area contributed by atoms with Gasteiger partial charge in [-0.15, -0.1) is 0 Å². The van der Waals surface area contributed by atoms with Crippen LogP contribution in [0.25, 0.3) is 10.9 Å². The summed E-state index contributed by atoms with van der Waals surface area (Å²) in [6, 6.07) is 3.68. The van der Waals surface area contributed by atoms with Crippen molar-refractivity contribution in [3.8, 4) is 0 Å². The van der Waals surface area contributed by atoms with E-state index in [9.17, 15) is 4.79 Å². The third-order valence-electron chi connectivity index (χ3n) is 2.62. The fourth-order valence-corrected chi connectivity index (χ4v) is 2.14. The Morgan fingerprint density at radius 1 is 1.50 bits per heavy atom. The Morgan fingerprint density at radius 3 is 2.94 bits per heavy atom. The zero-order valence-corrected chi connectivity index (χ0v) is 9.77. The molecule has 1 heterocycles. The molecule has 0 bridgehead atoms. The molecule has 1 aromatic carbocycles. The number of aromatic nitrogens is 1. The Morgan fingerprint density at radius 2 is 2.25 bits per heavy atom. The van der Waals surface area contributed by atoms with Crippen molar-refractivity contribution >= 4 is 28.3 Å². The van der Waals surface area contributed by atoms with Gasteiger partial charge in [0, 0.05) is 34.1 Å². The van der Waals surface area contributed by atoms with Crippen molar-refractivity contribution in [1.82, 2.24) is 4.98 Å². The average Bonchev–Trinajstić information content (AvgIpc) is 2.61. The predicted octanol–water partition coefficient (Wildman–Crippen LogP) is 2.66. The fourth-order valence-electron chi connectivity index (χ4n) is 1.87. The third kappa shape index (κ3) is 1.84. The summed E-state index contributed by atoms with van der Waals surface area (Å²) in [5, 5.41) is 1.52. The Kier molecular flexibility index (Phi) is 2.99. The molecule has 0 unspecified atom stereocenters. The minimum atomic E-state index is 0.0513. The predicted molar refractivity (Wildman–Crippen MR) is 66.0 cm³/mol. The highest BCUT2D eigenvalue weighted by Gasteiger charge is 2.12. The van der Waals surface area contributed by atoms with Crippen LogP contribution in [-0.2, 0) is 0 Å². The Bertz CT molecular complexity index is 545. The molecule has 0 fully saturated rings. The number of carbonyl (C=O) groups is 1. The highest BCUT2D eigenvalue weighted by atomic mass is 35.5. The number of ketones is 1. The van der Waals surface area contributed by atoms with Crippen molar-refractivity contribution in [2.24, 2.45) is 5.73 Å². The van der Waals surface area contributed by atoms with E-state index in [1.807, 2.05) is 19.1 Å². The zero-order valence-electron chi connectivity index (χ0n) is 9.01. The van der Waals surface area contributed by atoms with Crippen LogP contribution in [0.15, 0.2) is 18.3 Å². The normalized spacial score (nSPS) is 10.9. The van der Waals surface area contributed by atoms with Crippen molar-refractivity contribution in [2.75, 3.05) is 6.54 Å². The van der Waals surface area contributed by atoms with Crippen LogP contribution in [0.5, 0.6) is 0 Å². The van der Waals surface area contributed by atoms with E-state index in [4.69, 9.17) is 17.3 Å². The van der Waals surface area contributed by atoms with Gasteiger partial charge in [0.2, 0.25) is 0 Å². The molecular formula is C12H13ClN2O. The highest BCUT2D eigenvalue weighted by molar-refractivity contribution is 6.31. The Balaban J connectivity index is 2.60. The van der Waals surface area contributed by atoms with Crippen molar-refractivity contribution in [2.45, 2.75) is 13.3 Å². The molecule has 0 aliphatic rings. The van der Waals surface area contributed by atoms with Gasteiger partial charge in [-0.05, 0) is 31.2 Å². The van der Waals surface area contributed by atoms with Crippen LogP contribution < -0.4 is 5.73 Å². The lowest BCUT2D eigenvalue weighted by Gasteiger charge is -2.00. The summed E-state index contributed by atoms with van der Waals surface area (Å²) in [5.41, 5.74) is 8.05. The van der Waals surface area contributed by atoms with E-state index >= 15 is 0 Å². The monoisotopic (exact) mass is 236 g/mol. The summed E-state index contributed by atoms with van der Waals surface area (Å²) in [6.45, 7) is 2.33. The number of rotatable bonds is 3. The lowest BCUT2D eigenvalue weighted by molar-refractivity contribution is 0.0987. The van der Waals surface area contributed by atoms with E-state index in [1.54, 1.807) is 6.20 Å². The third-order valence-corrected chi connectivity index (χ3v) is 2.84. The molecule has 0 saturated carbocycles. The van der Waals surface area contributed by atoms with Gasteiger partial charge in [0.1, 0.15) is 0 Å². The number of aryl methyl sites for hydroxylation is 1. The topological polar surface area (TPSA) is 58.9 Å². The van der Waals surface area contributed by atoms with Crippen LogP contribution >= 0.6 is 11.6 Å². The average molecular weight is 237 g/mol. The van der Waals surface area contributed by atoms with Crippen molar-refractivity contribution in [3.63, 3.8) is 0 Å². The summed E-state index contributed by atoms with van der Waals surface area (Å²) in [5.74, 6) is 0.0513. The van der Waals surface area contributed by atoms with Crippen molar-refractivity contribution < 1.29 is 4.79 Å². The molecule has 3 N–H and O–H groups in total. The van der Waals surface area contributed by atoms with E-state index in [1.165, 1.54) is 0 Å². The van der Waals surface area contributed by atoms with Crippen molar-refractivity contribution in [3.05, 3.63) is 34.5 Å². The Hall–Kier alpha value is -1.32. The number of H-pyrrole nitrogens is 1. The number of Topliss-reactive ketones (excluding diaryl/α,β-unsaturated/α-hetero) is 1. The zero-order chi connectivity index (χ0) is 11.7. The fraction of sp³-hybridized carbons (Fsp3) is 0.250. The molecule has 2 rings (SSSR count). The number of benzene rings is 1. The van der Waals surface area contributed by atoms with Gasteiger partial charge in [0.05, 0.1) is 0 Å². The SMILES string of the molecule is Cc1cc(Cl)cc2c(C(=O)CCN)c[nH]c12. The van der Waals surface area contributed by atoms with Gasteiger partial charge in [-0.25, -0.2) is 0 Å². The first-order valence-electron chi connectivity index (χ1n) is 5.14. The van der Waals surface area contributed by atoms with Gasteiger partial charge >= 0.3 is 0 Å². The molecule has 16 heavy (non-hydrogen) atoms. The first kappa shape index (κ1) is 11.2. The molecule has 4 heteroatoms. The molecule has 2 aromatic rings. The van der Waals surface area contributed by atoms with Gasteiger partial charge in [0.25, 0.3) is 0 Å². The maximum Gasteiger partial charge on any atom is 0.166 e. The van der Waals surface area contributed by atoms with E-state index in [2.05, 4.69) is 4.98 Å². The molecule has 0 radical (unpaired) electrons. The van der Waals surface area contributed by atoms with Crippen LogP contribution in [0, 0.1) is 6.92 Å². The summed E-state index contributed by atoms with van der Waals surface area (Å²) in [4.78, 5) is 14.9. The summed E-state index contributed by atoms with van der Waals surface area (Å²) >= 11 is 5.98. The summed E-state index contributed by atoms with van der Waals surface area (Å²) < 4.78 is 0.